The monoisotopic (exact) mass is 311 g/mol. The van der Waals surface area contributed by atoms with E-state index in [4.69, 9.17) is 16.3 Å². The summed E-state index contributed by atoms with van der Waals surface area (Å²) in [6.45, 7) is 2.44. The van der Waals surface area contributed by atoms with Crippen LogP contribution in [0.1, 0.15) is 11.1 Å². The highest BCUT2D eigenvalue weighted by molar-refractivity contribution is 9.10. The van der Waals surface area contributed by atoms with Crippen molar-refractivity contribution in [2.45, 2.75) is 13.5 Å². The van der Waals surface area contributed by atoms with Crippen LogP contribution in [0.5, 0.6) is 5.88 Å². The average Bonchev–Trinajstić information content (AvgIpc) is 2.28. The Morgan fingerprint density at radius 2 is 2.18 bits per heavy atom. The second-order valence-corrected chi connectivity index (χ2v) is 5.01. The summed E-state index contributed by atoms with van der Waals surface area (Å²) in [5, 5.41) is 0.710. The van der Waals surface area contributed by atoms with Crippen LogP contribution in [0, 0.1) is 6.92 Å². The number of aromatic nitrogens is 1. The summed E-state index contributed by atoms with van der Waals surface area (Å²) < 4.78 is 6.48. The molecular weight excluding hydrogens is 302 g/mol. The van der Waals surface area contributed by atoms with Gasteiger partial charge in [-0.2, -0.15) is 0 Å². The summed E-state index contributed by atoms with van der Waals surface area (Å²) in [4.78, 5) is 4.21. The quantitative estimate of drug-likeness (QED) is 0.839. The van der Waals surface area contributed by atoms with E-state index in [-0.39, 0.29) is 0 Å². The fourth-order valence-corrected chi connectivity index (χ4v) is 2.20. The largest absolute Gasteiger partial charge is 0.472 e. The van der Waals surface area contributed by atoms with Crippen molar-refractivity contribution < 1.29 is 4.74 Å². The molecule has 17 heavy (non-hydrogen) atoms. The Hall–Kier alpha value is -1.06. The Bertz CT molecular complexity index is 531. The van der Waals surface area contributed by atoms with E-state index in [1.165, 1.54) is 0 Å². The number of pyridine rings is 1. The van der Waals surface area contributed by atoms with E-state index < -0.39 is 0 Å². The maximum absolute atomic E-state index is 5.90. The van der Waals surface area contributed by atoms with Gasteiger partial charge >= 0.3 is 0 Å². The fraction of sp³-hybridized carbons (Fsp3) is 0.154. The van der Waals surface area contributed by atoms with Gasteiger partial charge < -0.3 is 4.74 Å². The first-order valence-corrected chi connectivity index (χ1v) is 6.31. The zero-order valence-electron chi connectivity index (χ0n) is 9.28. The van der Waals surface area contributed by atoms with Crippen LogP contribution < -0.4 is 4.74 Å². The lowest BCUT2D eigenvalue weighted by Crippen LogP contribution is -1.98. The van der Waals surface area contributed by atoms with Crippen LogP contribution in [-0.2, 0) is 6.61 Å². The molecule has 0 fully saturated rings. The number of benzene rings is 1. The topological polar surface area (TPSA) is 22.1 Å². The number of hydrogen-bond acceptors (Lipinski definition) is 2. The average molecular weight is 313 g/mol. The highest BCUT2D eigenvalue weighted by Gasteiger charge is 2.03. The smallest absolute Gasteiger partial charge is 0.228 e. The van der Waals surface area contributed by atoms with Gasteiger partial charge in [0.25, 0.3) is 0 Å². The lowest BCUT2D eigenvalue weighted by molar-refractivity contribution is 0.291. The van der Waals surface area contributed by atoms with E-state index >= 15 is 0 Å². The Labute approximate surface area is 114 Å². The van der Waals surface area contributed by atoms with Crippen molar-refractivity contribution in [3.8, 4) is 5.88 Å². The number of nitrogens with zero attached hydrogens (tertiary/aromatic N) is 1. The summed E-state index contributed by atoms with van der Waals surface area (Å²) in [5.41, 5.74) is 2.11. The van der Waals surface area contributed by atoms with Gasteiger partial charge in [0, 0.05) is 11.2 Å². The molecule has 1 aromatic heterocycles. The molecule has 88 valence electrons. The number of hydrogen-bond donors (Lipinski definition) is 0. The maximum Gasteiger partial charge on any atom is 0.228 e. The van der Waals surface area contributed by atoms with E-state index in [9.17, 15) is 0 Å². The molecule has 2 rings (SSSR count). The van der Waals surface area contributed by atoms with Gasteiger partial charge in [-0.3, -0.25) is 0 Å². The van der Waals surface area contributed by atoms with Crippen LogP contribution in [0.2, 0.25) is 5.02 Å². The summed E-state index contributed by atoms with van der Waals surface area (Å²) in [6, 6.07) is 9.56. The Morgan fingerprint density at radius 3 is 2.88 bits per heavy atom. The molecule has 0 atom stereocenters. The first kappa shape index (κ1) is 12.4. The van der Waals surface area contributed by atoms with Crippen molar-refractivity contribution >= 4 is 27.5 Å². The van der Waals surface area contributed by atoms with E-state index in [2.05, 4.69) is 20.9 Å². The number of aryl methyl sites for hydroxylation is 1. The standard InChI is InChI=1S/C13H11BrClNO/c1-9-5-12(14)13(16-7-9)17-8-10-3-2-4-11(15)6-10/h2-7H,8H2,1H3. The van der Waals surface area contributed by atoms with E-state index in [1.807, 2.05) is 37.3 Å². The molecule has 2 nitrogen and oxygen atoms in total. The summed E-state index contributed by atoms with van der Waals surface area (Å²) in [7, 11) is 0. The third kappa shape index (κ3) is 3.45. The molecule has 0 aliphatic heterocycles. The fourth-order valence-electron chi connectivity index (χ4n) is 1.41. The minimum Gasteiger partial charge on any atom is -0.472 e. The lowest BCUT2D eigenvalue weighted by Gasteiger charge is -2.07. The molecule has 1 heterocycles. The minimum atomic E-state index is 0.454. The summed E-state index contributed by atoms with van der Waals surface area (Å²) >= 11 is 9.32. The number of rotatable bonds is 3. The molecule has 0 spiro atoms. The minimum absolute atomic E-state index is 0.454. The highest BCUT2D eigenvalue weighted by atomic mass is 79.9. The number of halogens is 2. The van der Waals surface area contributed by atoms with Crippen LogP contribution in [-0.4, -0.2) is 4.98 Å². The summed E-state index contributed by atoms with van der Waals surface area (Å²) in [5.74, 6) is 0.593. The lowest BCUT2D eigenvalue weighted by atomic mass is 10.2. The molecule has 4 heteroatoms. The Morgan fingerprint density at radius 1 is 1.35 bits per heavy atom. The molecule has 2 aromatic rings. The van der Waals surface area contributed by atoms with E-state index in [0.717, 1.165) is 15.6 Å². The first-order valence-electron chi connectivity index (χ1n) is 5.14. The second kappa shape index (κ2) is 5.52. The van der Waals surface area contributed by atoms with Crippen molar-refractivity contribution in [1.29, 1.82) is 0 Å². The van der Waals surface area contributed by atoms with Crippen molar-refractivity contribution in [1.82, 2.24) is 4.98 Å². The first-order chi connectivity index (χ1) is 8.15. The summed E-state index contributed by atoms with van der Waals surface area (Å²) in [6.07, 6.45) is 1.78. The predicted octanol–water partition coefficient (Wildman–Crippen LogP) is 4.38. The van der Waals surface area contributed by atoms with Crippen molar-refractivity contribution in [3.63, 3.8) is 0 Å². The predicted molar refractivity (Wildman–Crippen MR) is 72.5 cm³/mol. The Kier molecular flexibility index (Phi) is 4.02. The van der Waals surface area contributed by atoms with Gasteiger partial charge in [0.05, 0.1) is 4.47 Å². The van der Waals surface area contributed by atoms with Gasteiger partial charge in [-0.25, -0.2) is 4.98 Å². The molecule has 0 aliphatic carbocycles. The molecule has 0 saturated heterocycles. The molecule has 0 unspecified atom stereocenters. The van der Waals surface area contributed by atoms with E-state index in [1.54, 1.807) is 6.20 Å². The molecule has 1 aromatic carbocycles. The molecule has 0 aliphatic rings. The van der Waals surface area contributed by atoms with Gasteiger partial charge in [-0.1, -0.05) is 23.7 Å². The highest BCUT2D eigenvalue weighted by Crippen LogP contribution is 2.23. The maximum atomic E-state index is 5.90. The molecular formula is C13H11BrClNO. The van der Waals surface area contributed by atoms with Gasteiger partial charge in [-0.15, -0.1) is 0 Å². The zero-order chi connectivity index (χ0) is 12.3. The third-order valence-electron chi connectivity index (χ3n) is 2.21. The van der Waals surface area contributed by atoms with Gasteiger partial charge in [-0.05, 0) is 52.2 Å². The van der Waals surface area contributed by atoms with E-state index in [0.29, 0.717) is 17.5 Å². The van der Waals surface area contributed by atoms with Crippen molar-refractivity contribution in [2.24, 2.45) is 0 Å². The van der Waals surface area contributed by atoms with Crippen LogP contribution in [0.3, 0.4) is 0 Å². The van der Waals surface area contributed by atoms with Crippen LogP contribution in [0.15, 0.2) is 41.0 Å². The van der Waals surface area contributed by atoms with Crippen molar-refractivity contribution in [2.75, 3.05) is 0 Å². The Balaban J connectivity index is 2.07. The molecule has 0 amide bonds. The molecule has 0 saturated carbocycles. The number of ether oxygens (including phenoxy) is 1. The van der Waals surface area contributed by atoms with Gasteiger partial charge in [0.2, 0.25) is 5.88 Å². The molecule has 0 bridgehead atoms. The van der Waals surface area contributed by atoms with Gasteiger partial charge in [0.15, 0.2) is 0 Å². The SMILES string of the molecule is Cc1cnc(OCc2cccc(Cl)c2)c(Br)c1. The van der Waals surface area contributed by atoms with Crippen LogP contribution in [0.4, 0.5) is 0 Å². The zero-order valence-corrected chi connectivity index (χ0v) is 11.6. The van der Waals surface area contributed by atoms with Gasteiger partial charge in [0.1, 0.15) is 6.61 Å². The van der Waals surface area contributed by atoms with Crippen LogP contribution >= 0.6 is 27.5 Å². The second-order valence-electron chi connectivity index (χ2n) is 3.72. The third-order valence-corrected chi connectivity index (χ3v) is 3.01. The van der Waals surface area contributed by atoms with Crippen LogP contribution in [0.25, 0.3) is 0 Å². The normalized spacial score (nSPS) is 10.3. The van der Waals surface area contributed by atoms with Crippen molar-refractivity contribution in [3.05, 3.63) is 57.2 Å². The molecule has 0 N–H and O–H groups in total. The molecule has 0 radical (unpaired) electrons.